The molecule has 90 valence electrons. The fraction of sp³-hybridized carbons (Fsp3) is 0.308. The number of alkyl halides is 1. The molecule has 4 heteroatoms. The van der Waals surface area contributed by atoms with Crippen molar-refractivity contribution in [3.63, 3.8) is 0 Å². The number of benzene rings is 1. The van der Waals surface area contributed by atoms with E-state index in [0.717, 1.165) is 17.9 Å². The molecule has 0 spiro atoms. The Hall–Kier alpha value is -1.48. The van der Waals surface area contributed by atoms with E-state index in [0.29, 0.717) is 11.9 Å². The van der Waals surface area contributed by atoms with Crippen molar-refractivity contribution in [2.45, 2.75) is 19.7 Å². The summed E-state index contributed by atoms with van der Waals surface area (Å²) in [6.07, 6.45) is 1.60. The first kappa shape index (κ1) is 12.0. The maximum absolute atomic E-state index is 5.72. The Kier molecular flexibility index (Phi) is 3.69. The summed E-state index contributed by atoms with van der Waals surface area (Å²) in [7, 11) is 0. The third-order valence-corrected chi connectivity index (χ3v) is 2.81. The van der Waals surface area contributed by atoms with Crippen LogP contribution in [0.15, 0.2) is 34.9 Å². The zero-order chi connectivity index (χ0) is 12.3. The van der Waals surface area contributed by atoms with Crippen LogP contribution in [-0.2, 0) is 5.88 Å². The van der Waals surface area contributed by atoms with Gasteiger partial charge in [0.25, 0.3) is 0 Å². The molecule has 1 aromatic heterocycles. The normalized spacial score (nSPS) is 10.5. The fourth-order valence-corrected chi connectivity index (χ4v) is 1.83. The molecule has 0 saturated carbocycles. The minimum absolute atomic E-state index is 0.370. The van der Waals surface area contributed by atoms with Crippen LogP contribution >= 0.6 is 11.6 Å². The summed E-state index contributed by atoms with van der Waals surface area (Å²) < 4.78 is 5.43. The molecule has 0 aliphatic heterocycles. The second-order valence-corrected chi connectivity index (χ2v) is 4.11. The Labute approximate surface area is 106 Å². The lowest BCUT2D eigenvalue weighted by Gasteiger charge is -2.18. The highest BCUT2D eigenvalue weighted by Crippen LogP contribution is 2.25. The van der Waals surface area contributed by atoms with Crippen molar-refractivity contribution in [1.82, 2.24) is 4.98 Å². The van der Waals surface area contributed by atoms with Crippen LogP contribution in [0, 0.1) is 6.92 Å². The van der Waals surface area contributed by atoms with E-state index >= 15 is 0 Å². The maximum Gasteiger partial charge on any atom is 0.302 e. The lowest BCUT2D eigenvalue weighted by molar-refractivity contribution is 0.554. The van der Waals surface area contributed by atoms with Crippen molar-refractivity contribution in [2.75, 3.05) is 11.4 Å². The SMILES string of the molecule is CCN(c1cccc(C)c1)c1nc(CCl)co1. The largest absolute Gasteiger partial charge is 0.431 e. The number of hydrogen-bond acceptors (Lipinski definition) is 3. The Morgan fingerprint density at radius 3 is 2.82 bits per heavy atom. The Morgan fingerprint density at radius 1 is 1.41 bits per heavy atom. The van der Waals surface area contributed by atoms with Crippen LogP contribution in [-0.4, -0.2) is 11.5 Å². The monoisotopic (exact) mass is 250 g/mol. The molecule has 17 heavy (non-hydrogen) atoms. The topological polar surface area (TPSA) is 29.3 Å². The predicted molar refractivity (Wildman–Crippen MR) is 69.9 cm³/mol. The van der Waals surface area contributed by atoms with Crippen molar-refractivity contribution < 1.29 is 4.42 Å². The molecule has 0 aliphatic rings. The van der Waals surface area contributed by atoms with E-state index in [1.165, 1.54) is 5.56 Å². The highest BCUT2D eigenvalue weighted by Gasteiger charge is 2.13. The summed E-state index contributed by atoms with van der Waals surface area (Å²) >= 11 is 5.72. The minimum Gasteiger partial charge on any atom is -0.431 e. The van der Waals surface area contributed by atoms with E-state index in [2.05, 4.69) is 31.0 Å². The van der Waals surface area contributed by atoms with Crippen LogP contribution in [0.4, 0.5) is 11.7 Å². The van der Waals surface area contributed by atoms with Gasteiger partial charge in [0.15, 0.2) is 0 Å². The molecule has 1 heterocycles. The van der Waals surface area contributed by atoms with Crippen LogP contribution in [0.2, 0.25) is 0 Å². The van der Waals surface area contributed by atoms with Gasteiger partial charge in [0, 0.05) is 12.2 Å². The Morgan fingerprint density at radius 2 is 2.24 bits per heavy atom. The number of hydrogen-bond donors (Lipinski definition) is 0. The van der Waals surface area contributed by atoms with Gasteiger partial charge in [-0.05, 0) is 31.5 Å². The average Bonchev–Trinajstić information content (AvgIpc) is 2.79. The number of aromatic nitrogens is 1. The second-order valence-electron chi connectivity index (χ2n) is 3.84. The van der Waals surface area contributed by atoms with E-state index in [1.54, 1.807) is 6.26 Å². The molecule has 0 saturated heterocycles. The predicted octanol–water partition coefficient (Wildman–Crippen LogP) is 3.88. The van der Waals surface area contributed by atoms with Gasteiger partial charge in [-0.1, -0.05) is 12.1 Å². The number of nitrogens with zero attached hydrogens (tertiary/aromatic N) is 2. The molecule has 2 rings (SSSR count). The van der Waals surface area contributed by atoms with Gasteiger partial charge in [0.2, 0.25) is 0 Å². The van der Waals surface area contributed by atoms with Crippen molar-refractivity contribution in [1.29, 1.82) is 0 Å². The Bertz CT molecular complexity index is 496. The van der Waals surface area contributed by atoms with Crippen LogP contribution in [0.25, 0.3) is 0 Å². The standard InChI is InChI=1S/C13H15ClN2O/c1-3-16(12-6-4-5-10(2)7-12)13-15-11(8-14)9-17-13/h4-7,9H,3,8H2,1-2H3. The minimum atomic E-state index is 0.370. The van der Waals surface area contributed by atoms with Crippen molar-refractivity contribution >= 4 is 23.3 Å². The first-order chi connectivity index (χ1) is 8.24. The molecular weight excluding hydrogens is 236 g/mol. The zero-order valence-corrected chi connectivity index (χ0v) is 10.7. The lowest BCUT2D eigenvalue weighted by atomic mass is 10.2. The van der Waals surface area contributed by atoms with Crippen LogP contribution < -0.4 is 4.90 Å². The number of oxazole rings is 1. The van der Waals surface area contributed by atoms with Gasteiger partial charge < -0.3 is 4.42 Å². The lowest BCUT2D eigenvalue weighted by Crippen LogP contribution is -2.16. The van der Waals surface area contributed by atoms with Gasteiger partial charge in [-0.25, -0.2) is 0 Å². The molecule has 0 aliphatic carbocycles. The summed E-state index contributed by atoms with van der Waals surface area (Å²) in [5.74, 6) is 0.370. The highest BCUT2D eigenvalue weighted by atomic mass is 35.5. The van der Waals surface area contributed by atoms with Crippen LogP contribution in [0.1, 0.15) is 18.2 Å². The Balaban J connectivity index is 2.33. The zero-order valence-electron chi connectivity index (χ0n) is 9.98. The van der Waals surface area contributed by atoms with Gasteiger partial charge in [0.05, 0.1) is 11.6 Å². The summed E-state index contributed by atoms with van der Waals surface area (Å²) in [5.41, 5.74) is 3.05. The fourth-order valence-electron chi connectivity index (χ4n) is 1.71. The summed E-state index contributed by atoms with van der Waals surface area (Å²) in [6, 6.07) is 8.83. The van der Waals surface area contributed by atoms with E-state index in [-0.39, 0.29) is 0 Å². The first-order valence-corrected chi connectivity index (χ1v) is 6.12. The van der Waals surface area contributed by atoms with E-state index in [4.69, 9.17) is 16.0 Å². The molecule has 3 nitrogen and oxygen atoms in total. The molecule has 1 aromatic carbocycles. The van der Waals surface area contributed by atoms with Gasteiger partial charge in [-0.3, -0.25) is 4.90 Å². The van der Waals surface area contributed by atoms with Gasteiger partial charge in [-0.2, -0.15) is 4.98 Å². The van der Waals surface area contributed by atoms with Crippen LogP contribution in [0.3, 0.4) is 0 Å². The molecule has 0 amide bonds. The molecule has 0 fully saturated rings. The van der Waals surface area contributed by atoms with Crippen molar-refractivity contribution in [3.8, 4) is 0 Å². The quantitative estimate of drug-likeness (QED) is 0.772. The first-order valence-electron chi connectivity index (χ1n) is 5.59. The molecule has 0 bridgehead atoms. The molecule has 0 atom stereocenters. The van der Waals surface area contributed by atoms with Crippen molar-refractivity contribution in [2.24, 2.45) is 0 Å². The number of aryl methyl sites for hydroxylation is 1. The molecule has 0 N–H and O–H groups in total. The van der Waals surface area contributed by atoms with E-state index in [9.17, 15) is 0 Å². The molecule has 0 unspecified atom stereocenters. The van der Waals surface area contributed by atoms with E-state index in [1.807, 2.05) is 17.0 Å². The average molecular weight is 251 g/mol. The molecular formula is C13H15ClN2O. The number of halogens is 1. The maximum atomic E-state index is 5.72. The van der Waals surface area contributed by atoms with Gasteiger partial charge in [-0.15, -0.1) is 11.6 Å². The van der Waals surface area contributed by atoms with E-state index < -0.39 is 0 Å². The smallest absolute Gasteiger partial charge is 0.302 e. The third-order valence-electron chi connectivity index (χ3n) is 2.54. The van der Waals surface area contributed by atoms with Crippen LogP contribution in [0.5, 0.6) is 0 Å². The summed E-state index contributed by atoms with van der Waals surface area (Å²) in [6.45, 7) is 4.93. The summed E-state index contributed by atoms with van der Waals surface area (Å²) in [5, 5.41) is 0. The van der Waals surface area contributed by atoms with Crippen molar-refractivity contribution in [3.05, 3.63) is 41.8 Å². The molecule has 2 aromatic rings. The second kappa shape index (κ2) is 5.23. The third kappa shape index (κ3) is 2.61. The van der Waals surface area contributed by atoms with Gasteiger partial charge >= 0.3 is 6.01 Å². The van der Waals surface area contributed by atoms with Gasteiger partial charge in [0.1, 0.15) is 6.26 Å². The number of rotatable bonds is 4. The summed E-state index contributed by atoms with van der Waals surface area (Å²) in [4.78, 5) is 6.35. The molecule has 0 radical (unpaired) electrons. The highest BCUT2D eigenvalue weighted by molar-refractivity contribution is 6.16. The number of anilines is 2.